The molecule has 0 fully saturated rings. The van der Waals surface area contributed by atoms with Crippen LogP contribution in [-0.4, -0.2) is 30.0 Å². The predicted molar refractivity (Wildman–Crippen MR) is 75.9 cm³/mol. The average molecular weight is 313 g/mol. The Balaban J connectivity index is 2.02. The lowest BCUT2D eigenvalue weighted by Crippen LogP contribution is -2.27. The van der Waals surface area contributed by atoms with Crippen LogP contribution in [0.25, 0.3) is 0 Å². The van der Waals surface area contributed by atoms with Crippen molar-refractivity contribution in [2.45, 2.75) is 38.3 Å². The lowest BCUT2D eigenvalue weighted by molar-refractivity contribution is 0.493. The molecular weight excluding hydrogens is 294 g/mol. The molecule has 21 heavy (non-hydrogen) atoms. The number of hydrogen-bond donors (Lipinski definition) is 2. The van der Waals surface area contributed by atoms with E-state index in [2.05, 4.69) is 15.0 Å². The lowest BCUT2D eigenvalue weighted by Gasteiger charge is -2.07. The second-order valence-electron chi connectivity index (χ2n) is 4.64. The third-order valence-corrected chi connectivity index (χ3v) is 4.78. The maximum atomic E-state index is 12.3. The molecule has 116 valence electrons. The second-order valence-corrected chi connectivity index (χ2v) is 6.35. The van der Waals surface area contributed by atoms with E-state index in [1.165, 1.54) is 0 Å². The molecule has 0 bridgehead atoms. The molecule has 0 radical (unpaired) electrons. The number of rotatable bonds is 7. The molecule has 2 rings (SSSR count). The summed E-state index contributed by atoms with van der Waals surface area (Å²) in [6.45, 7) is 4.35. The second kappa shape index (κ2) is 6.37. The average Bonchev–Trinajstić information content (AvgIpc) is 3.02. The van der Waals surface area contributed by atoms with Crippen LogP contribution in [0.5, 0.6) is 0 Å². The van der Waals surface area contributed by atoms with Gasteiger partial charge < -0.3 is 10.2 Å². The van der Waals surface area contributed by atoms with Crippen LogP contribution in [0, 0.1) is 13.8 Å². The van der Waals surface area contributed by atoms with Gasteiger partial charge in [0.1, 0.15) is 16.4 Å². The van der Waals surface area contributed by atoms with Crippen LogP contribution >= 0.6 is 0 Å². The van der Waals surface area contributed by atoms with E-state index in [1.807, 2.05) is 0 Å². The van der Waals surface area contributed by atoms with Gasteiger partial charge in [-0.15, -0.1) is 5.10 Å². The quantitative estimate of drug-likeness (QED) is 0.711. The van der Waals surface area contributed by atoms with Crippen LogP contribution in [0.3, 0.4) is 0 Å². The van der Waals surface area contributed by atoms with Crippen molar-refractivity contribution in [1.29, 1.82) is 0 Å². The molecule has 3 N–H and O–H groups in total. The third kappa shape index (κ3) is 3.49. The number of sulfonamides is 1. The van der Waals surface area contributed by atoms with Crippen molar-refractivity contribution in [3.63, 3.8) is 0 Å². The number of nitrogens with zero attached hydrogens (tertiary/aromatic N) is 3. The van der Waals surface area contributed by atoms with Crippen LogP contribution in [0.4, 0.5) is 0 Å². The van der Waals surface area contributed by atoms with E-state index < -0.39 is 10.0 Å². The minimum Gasteiger partial charge on any atom is -0.465 e. The summed E-state index contributed by atoms with van der Waals surface area (Å²) in [5.74, 6) is 0.898. The molecule has 0 amide bonds. The highest BCUT2D eigenvalue weighted by Crippen LogP contribution is 2.25. The lowest BCUT2D eigenvalue weighted by atomic mass is 10.2. The van der Waals surface area contributed by atoms with Crippen LogP contribution in [-0.2, 0) is 23.1 Å². The first-order valence-corrected chi connectivity index (χ1v) is 8.06. The van der Waals surface area contributed by atoms with Crippen molar-refractivity contribution in [3.05, 3.63) is 29.5 Å². The highest BCUT2D eigenvalue weighted by molar-refractivity contribution is 7.89. The van der Waals surface area contributed by atoms with E-state index in [0.717, 1.165) is 0 Å². The van der Waals surface area contributed by atoms with E-state index >= 15 is 0 Å². The molecule has 2 heterocycles. The number of furan rings is 1. The Bertz CT molecular complexity index is 691. The van der Waals surface area contributed by atoms with E-state index in [1.54, 1.807) is 30.9 Å². The summed E-state index contributed by atoms with van der Waals surface area (Å²) in [6.07, 6.45) is 3.91. The maximum Gasteiger partial charge on any atom is 0.244 e. The smallest absolute Gasteiger partial charge is 0.244 e. The Kier molecular flexibility index (Phi) is 4.76. The first-order chi connectivity index (χ1) is 9.95. The van der Waals surface area contributed by atoms with Crippen LogP contribution in [0.1, 0.15) is 23.5 Å². The van der Waals surface area contributed by atoms with Crippen LogP contribution in [0.15, 0.2) is 21.7 Å². The number of nitrogens with one attached hydrogen (secondary N) is 1. The number of hydrogen-bond acceptors (Lipinski definition) is 6. The zero-order valence-electron chi connectivity index (χ0n) is 12.0. The SMILES string of the molecule is Cc1oc(C)c(S(=O)(=O)NCCCn2ccnn2)c1CN. The standard InChI is InChI=1S/C12H19N5O3S/c1-9-11(8-13)12(10(2)20-9)21(18,19)15-4-3-6-17-7-5-14-16-17/h5,7,15H,3-4,6,8,13H2,1-2H3. The van der Waals surface area contributed by atoms with Crippen molar-refractivity contribution in [3.8, 4) is 0 Å². The van der Waals surface area contributed by atoms with Crippen LogP contribution in [0.2, 0.25) is 0 Å². The van der Waals surface area contributed by atoms with Gasteiger partial charge in [0.25, 0.3) is 0 Å². The van der Waals surface area contributed by atoms with Crippen molar-refractivity contribution in [1.82, 2.24) is 19.7 Å². The maximum absolute atomic E-state index is 12.3. The topological polar surface area (TPSA) is 116 Å². The molecule has 0 unspecified atom stereocenters. The first-order valence-electron chi connectivity index (χ1n) is 6.58. The molecule has 9 heteroatoms. The summed E-state index contributed by atoms with van der Waals surface area (Å²) in [5, 5.41) is 7.49. The van der Waals surface area contributed by atoms with Gasteiger partial charge in [-0.1, -0.05) is 5.21 Å². The summed E-state index contributed by atoms with van der Waals surface area (Å²) < 4.78 is 34.3. The van der Waals surface area contributed by atoms with Gasteiger partial charge in [0.15, 0.2) is 0 Å². The van der Waals surface area contributed by atoms with Gasteiger partial charge in [-0.05, 0) is 20.3 Å². The van der Waals surface area contributed by atoms with E-state index in [4.69, 9.17) is 10.2 Å². The zero-order chi connectivity index (χ0) is 15.5. The molecular formula is C12H19N5O3S. The normalized spacial score (nSPS) is 12.0. The predicted octanol–water partition coefficient (Wildman–Crippen LogP) is 0.315. The molecule has 0 aromatic carbocycles. The molecule has 8 nitrogen and oxygen atoms in total. The first kappa shape index (κ1) is 15.7. The highest BCUT2D eigenvalue weighted by Gasteiger charge is 2.25. The summed E-state index contributed by atoms with van der Waals surface area (Å²) in [6, 6.07) is 0. The molecule has 0 atom stereocenters. The Labute approximate surface area is 123 Å². The van der Waals surface area contributed by atoms with Crippen molar-refractivity contribution < 1.29 is 12.8 Å². The van der Waals surface area contributed by atoms with Crippen molar-refractivity contribution in [2.75, 3.05) is 6.54 Å². The summed E-state index contributed by atoms with van der Waals surface area (Å²) in [7, 11) is -3.62. The molecule has 0 spiro atoms. The minimum absolute atomic E-state index is 0.123. The Morgan fingerprint density at radius 3 is 2.76 bits per heavy atom. The molecule has 0 aliphatic carbocycles. The van der Waals surface area contributed by atoms with Gasteiger partial charge in [0.2, 0.25) is 10.0 Å². The van der Waals surface area contributed by atoms with Gasteiger partial charge in [0, 0.05) is 31.4 Å². The van der Waals surface area contributed by atoms with E-state index in [9.17, 15) is 8.42 Å². The largest absolute Gasteiger partial charge is 0.465 e. The van der Waals surface area contributed by atoms with Gasteiger partial charge in [-0.2, -0.15) is 0 Å². The molecule has 0 saturated heterocycles. The fourth-order valence-electron chi connectivity index (χ4n) is 2.17. The van der Waals surface area contributed by atoms with Crippen molar-refractivity contribution >= 4 is 10.0 Å². The Morgan fingerprint density at radius 2 is 2.14 bits per heavy atom. The third-order valence-electron chi connectivity index (χ3n) is 3.13. The van der Waals surface area contributed by atoms with Gasteiger partial charge in [0.05, 0.1) is 6.20 Å². The van der Waals surface area contributed by atoms with Crippen molar-refractivity contribution in [2.24, 2.45) is 5.73 Å². The van der Waals surface area contributed by atoms with E-state index in [0.29, 0.717) is 36.6 Å². The molecule has 2 aromatic heterocycles. The molecule has 0 aliphatic rings. The molecule has 0 saturated carbocycles. The number of aromatic nitrogens is 3. The van der Waals surface area contributed by atoms with E-state index in [-0.39, 0.29) is 11.4 Å². The summed E-state index contributed by atoms with van der Waals surface area (Å²) in [4.78, 5) is 0.156. The summed E-state index contributed by atoms with van der Waals surface area (Å²) in [5.41, 5.74) is 6.13. The fourth-order valence-corrected chi connectivity index (χ4v) is 3.70. The fraction of sp³-hybridized carbons (Fsp3) is 0.500. The number of aryl methyl sites for hydroxylation is 3. The van der Waals surface area contributed by atoms with Gasteiger partial charge in [-0.25, -0.2) is 13.1 Å². The highest BCUT2D eigenvalue weighted by atomic mass is 32.2. The molecule has 0 aliphatic heterocycles. The monoisotopic (exact) mass is 313 g/mol. The minimum atomic E-state index is -3.62. The van der Waals surface area contributed by atoms with Crippen LogP contribution < -0.4 is 10.5 Å². The zero-order valence-corrected chi connectivity index (χ0v) is 12.9. The Morgan fingerprint density at radius 1 is 1.38 bits per heavy atom. The van der Waals surface area contributed by atoms with Gasteiger partial charge >= 0.3 is 0 Å². The summed E-state index contributed by atoms with van der Waals surface area (Å²) >= 11 is 0. The van der Waals surface area contributed by atoms with Gasteiger partial charge in [-0.3, -0.25) is 4.68 Å². The molecule has 2 aromatic rings. The number of nitrogens with two attached hydrogens (primary N) is 1. The Hall–Kier alpha value is -1.71.